The maximum absolute atomic E-state index is 14.1. The summed E-state index contributed by atoms with van der Waals surface area (Å²) >= 11 is 6.20. The number of methoxy groups -OCH3 is 1. The summed E-state index contributed by atoms with van der Waals surface area (Å²) in [5.41, 5.74) is 4.39. The van der Waals surface area contributed by atoms with Gasteiger partial charge in [0.25, 0.3) is 0 Å². The minimum absolute atomic E-state index is 0.122. The molecule has 6 heteroatoms. The molecule has 2 bridgehead atoms. The van der Waals surface area contributed by atoms with E-state index in [0.717, 1.165) is 22.3 Å². The van der Waals surface area contributed by atoms with E-state index in [2.05, 4.69) is 31.2 Å². The smallest absolute Gasteiger partial charge is 0.339 e. The fourth-order valence-corrected chi connectivity index (χ4v) is 6.90. The number of amides is 2. The first kappa shape index (κ1) is 21.1. The van der Waals surface area contributed by atoms with Crippen LogP contribution in [0.1, 0.15) is 51.9 Å². The van der Waals surface area contributed by atoms with E-state index in [0.29, 0.717) is 12.1 Å². The van der Waals surface area contributed by atoms with Gasteiger partial charge in [-0.3, -0.25) is 9.59 Å². The van der Waals surface area contributed by atoms with E-state index in [1.54, 1.807) is 6.07 Å². The number of imide groups is 1. The van der Waals surface area contributed by atoms with E-state index >= 15 is 0 Å². The van der Waals surface area contributed by atoms with E-state index in [1.165, 1.54) is 24.1 Å². The monoisotopic (exact) mass is 471 g/mol. The summed E-state index contributed by atoms with van der Waals surface area (Å²) in [7, 11) is 1.27. The molecule has 0 unspecified atom stereocenters. The molecule has 0 N–H and O–H groups in total. The van der Waals surface area contributed by atoms with Crippen molar-refractivity contribution >= 4 is 35.1 Å². The molecular formula is C28H22ClNO4. The molecule has 0 aromatic heterocycles. The molecule has 0 radical (unpaired) electrons. The van der Waals surface area contributed by atoms with Crippen molar-refractivity contribution in [1.29, 1.82) is 0 Å². The van der Waals surface area contributed by atoms with E-state index < -0.39 is 23.2 Å². The zero-order valence-corrected chi connectivity index (χ0v) is 19.5. The number of carbonyl (C=O) groups is 3. The Morgan fingerprint density at radius 1 is 0.971 bits per heavy atom. The molecule has 3 aromatic carbocycles. The second kappa shape index (κ2) is 7.28. The first-order valence-electron chi connectivity index (χ1n) is 11.4. The molecule has 170 valence electrons. The number of nitrogens with zero attached hydrogens (tertiary/aromatic N) is 1. The molecule has 4 aliphatic rings. The highest BCUT2D eigenvalue weighted by atomic mass is 35.5. The lowest BCUT2D eigenvalue weighted by Crippen LogP contribution is -2.53. The van der Waals surface area contributed by atoms with Gasteiger partial charge in [-0.05, 0) is 46.9 Å². The lowest BCUT2D eigenvalue weighted by atomic mass is 9.46. The number of rotatable bonds is 3. The van der Waals surface area contributed by atoms with Gasteiger partial charge in [0.15, 0.2) is 0 Å². The number of esters is 1. The topological polar surface area (TPSA) is 63.7 Å². The predicted molar refractivity (Wildman–Crippen MR) is 128 cm³/mol. The van der Waals surface area contributed by atoms with Crippen LogP contribution < -0.4 is 4.90 Å². The zero-order chi connectivity index (χ0) is 23.8. The molecule has 2 atom stereocenters. The van der Waals surface area contributed by atoms with E-state index in [1.807, 2.05) is 24.3 Å². The average molecular weight is 472 g/mol. The Kier molecular flexibility index (Phi) is 4.52. The van der Waals surface area contributed by atoms with Crippen LogP contribution in [0, 0.1) is 11.8 Å². The molecule has 1 aliphatic heterocycles. The summed E-state index contributed by atoms with van der Waals surface area (Å²) in [6, 6.07) is 21.0. The van der Waals surface area contributed by atoms with Crippen LogP contribution in [0.15, 0.2) is 66.7 Å². The zero-order valence-electron chi connectivity index (χ0n) is 18.7. The van der Waals surface area contributed by atoms with Gasteiger partial charge in [-0.1, -0.05) is 67.1 Å². The van der Waals surface area contributed by atoms with Crippen LogP contribution in [0.2, 0.25) is 5.02 Å². The molecule has 34 heavy (non-hydrogen) atoms. The SMILES string of the molecule is CCC12c3ccccc3C(c3ccccc31)[C@@H]1C(=O)N(c3ccc(Cl)c(C(=O)OC)c3)C(=O)[C@@H]12. The molecule has 0 spiro atoms. The van der Waals surface area contributed by atoms with E-state index in [9.17, 15) is 14.4 Å². The Labute approximate surface area is 202 Å². The first-order chi connectivity index (χ1) is 16.5. The van der Waals surface area contributed by atoms with Gasteiger partial charge >= 0.3 is 5.97 Å². The third-order valence-corrected chi connectivity index (χ3v) is 8.29. The van der Waals surface area contributed by atoms with E-state index in [4.69, 9.17) is 16.3 Å². The van der Waals surface area contributed by atoms with Crippen LogP contribution in [0.5, 0.6) is 0 Å². The second-order valence-corrected chi connectivity index (χ2v) is 9.56. The summed E-state index contributed by atoms with van der Waals surface area (Å²) in [4.78, 5) is 41.6. The van der Waals surface area contributed by atoms with Gasteiger partial charge < -0.3 is 4.74 Å². The number of ether oxygens (including phenoxy) is 1. The summed E-state index contributed by atoms with van der Waals surface area (Å²) in [5.74, 6) is -2.30. The van der Waals surface area contributed by atoms with Crippen molar-refractivity contribution in [1.82, 2.24) is 0 Å². The molecule has 2 amide bonds. The lowest BCUT2D eigenvalue weighted by Gasteiger charge is -2.54. The molecule has 3 aliphatic carbocycles. The van der Waals surface area contributed by atoms with Crippen molar-refractivity contribution in [2.75, 3.05) is 12.0 Å². The van der Waals surface area contributed by atoms with Crippen molar-refractivity contribution in [3.05, 3.63) is 99.6 Å². The van der Waals surface area contributed by atoms with Crippen LogP contribution in [0.25, 0.3) is 0 Å². The Bertz CT molecular complexity index is 1350. The third kappa shape index (κ3) is 2.43. The number of hydrogen-bond donors (Lipinski definition) is 0. The van der Waals surface area contributed by atoms with Crippen LogP contribution in [-0.4, -0.2) is 24.9 Å². The van der Waals surface area contributed by atoms with Crippen LogP contribution in [-0.2, 0) is 19.7 Å². The van der Waals surface area contributed by atoms with Crippen LogP contribution >= 0.6 is 11.6 Å². The van der Waals surface area contributed by atoms with Crippen molar-refractivity contribution in [2.45, 2.75) is 24.7 Å². The van der Waals surface area contributed by atoms with Crippen LogP contribution in [0.4, 0.5) is 5.69 Å². The maximum Gasteiger partial charge on any atom is 0.339 e. The standard InChI is InChI=1S/C28H22ClNO4/c1-3-28-19-10-6-4-8-16(19)22(17-9-5-7-11-20(17)28)23-24(28)26(32)30(25(23)31)15-12-13-21(29)18(14-15)27(33)34-2/h4-14,22-24H,3H2,1-2H3/t22?,23-,24+,28?/m0/s1. The molecule has 1 fully saturated rings. The van der Waals surface area contributed by atoms with Crippen LogP contribution in [0.3, 0.4) is 0 Å². The molecule has 1 saturated heterocycles. The van der Waals surface area contributed by atoms with Gasteiger partial charge in [0.1, 0.15) is 0 Å². The van der Waals surface area contributed by atoms with Gasteiger partial charge in [0.2, 0.25) is 11.8 Å². The second-order valence-electron chi connectivity index (χ2n) is 9.15. The largest absolute Gasteiger partial charge is 0.465 e. The molecule has 0 saturated carbocycles. The van der Waals surface area contributed by atoms with Gasteiger partial charge in [-0.15, -0.1) is 0 Å². The summed E-state index contributed by atoms with van der Waals surface area (Å²) in [6.45, 7) is 2.09. The molecular weight excluding hydrogens is 450 g/mol. The number of anilines is 1. The van der Waals surface area contributed by atoms with Gasteiger partial charge in [-0.2, -0.15) is 0 Å². The summed E-state index contributed by atoms with van der Waals surface area (Å²) < 4.78 is 4.83. The normalized spacial score (nSPS) is 26.2. The van der Waals surface area contributed by atoms with E-state index in [-0.39, 0.29) is 28.3 Å². The predicted octanol–water partition coefficient (Wildman–Crippen LogP) is 5.09. The Balaban J connectivity index is 1.58. The highest BCUT2D eigenvalue weighted by Gasteiger charge is 2.67. The minimum Gasteiger partial charge on any atom is -0.465 e. The highest BCUT2D eigenvalue weighted by Crippen LogP contribution is 2.65. The number of halogens is 1. The van der Waals surface area contributed by atoms with Crippen molar-refractivity contribution in [2.24, 2.45) is 11.8 Å². The fraction of sp³-hybridized carbons (Fsp3) is 0.250. The Morgan fingerprint density at radius 3 is 2.18 bits per heavy atom. The number of benzene rings is 3. The Hall–Kier alpha value is -3.44. The average Bonchev–Trinajstić information content (AvgIpc) is 3.14. The van der Waals surface area contributed by atoms with Crippen molar-refractivity contribution in [3.63, 3.8) is 0 Å². The number of carbonyl (C=O) groups excluding carboxylic acids is 3. The van der Waals surface area contributed by atoms with Gasteiger partial charge in [0, 0.05) is 11.3 Å². The van der Waals surface area contributed by atoms with Gasteiger partial charge in [0.05, 0.1) is 35.2 Å². The maximum atomic E-state index is 14.1. The minimum atomic E-state index is -0.617. The molecule has 5 nitrogen and oxygen atoms in total. The summed E-state index contributed by atoms with van der Waals surface area (Å²) in [5, 5.41) is 0.206. The quantitative estimate of drug-likeness (QED) is 0.394. The molecule has 1 heterocycles. The molecule has 3 aromatic rings. The Morgan fingerprint density at radius 2 is 1.59 bits per heavy atom. The summed E-state index contributed by atoms with van der Waals surface area (Å²) in [6.07, 6.45) is 0.690. The van der Waals surface area contributed by atoms with Crippen molar-refractivity contribution in [3.8, 4) is 0 Å². The number of hydrogen-bond acceptors (Lipinski definition) is 4. The third-order valence-electron chi connectivity index (χ3n) is 7.97. The first-order valence-corrected chi connectivity index (χ1v) is 11.8. The van der Waals surface area contributed by atoms with Crippen molar-refractivity contribution < 1.29 is 19.1 Å². The van der Waals surface area contributed by atoms with Gasteiger partial charge in [-0.25, -0.2) is 9.69 Å². The molecule has 7 rings (SSSR count). The fourth-order valence-electron chi connectivity index (χ4n) is 6.70. The highest BCUT2D eigenvalue weighted by molar-refractivity contribution is 6.34. The lowest BCUT2D eigenvalue weighted by molar-refractivity contribution is -0.123.